The monoisotopic (exact) mass is 873 g/mol. The summed E-state index contributed by atoms with van der Waals surface area (Å²) >= 11 is 0. The van der Waals surface area contributed by atoms with Crippen molar-refractivity contribution in [2.24, 2.45) is 0 Å². The van der Waals surface area contributed by atoms with Crippen molar-refractivity contribution in [1.82, 2.24) is 0 Å². The summed E-state index contributed by atoms with van der Waals surface area (Å²) in [6, 6.07) is 45.9. The number of rotatable bonds is 6. The van der Waals surface area contributed by atoms with Gasteiger partial charge in [-0.1, -0.05) is 152 Å². The van der Waals surface area contributed by atoms with Gasteiger partial charge in [0.1, 0.15) is 0 Å². The van der Waals surface area contributed by atoms with Crippen molar-refractivity contribution in [1.29, 1.82) is 0 Å². The molecule has 0 unspecified atom stereocenters. The van der Waals surface area contributed by atoms with Crippen LogP contribution in [0, 0.1) is 6.92 Å². The van der Waals surface area contributed by atoms with E-state index in [1.165, 1.54) is 134 Å². The maximum atomic E-state index is 2.61. The Morgan fingerprint density at radius 1 is 0.318 bits per heavy atom. The maximum Gasteiger partial charge on any atom is 0.0543 e. The van der Waals surface area contributed by atoms with Crippen LogP contribution in [0.5, 0.6) is 0 Å². The van der Waals surface area contributed by atoms with Crippen LogP contribution in [0.25, 0.3) is 11.1 Å². The molecular weight excluding hydrogens is 797 g/mol. The van der Waals surface area contributed by atoms with Crippen LogP contribution in [0.15, 0.2) is 115 Å². The summed E-state index contributed by atoms with van der Waals surface area (Å²) in [7, 11) is 0. The number of hydrogen-bond acceptors (Lipinski definition) is 2. The van der Waals surface area contributed by atoms with Crippen molar-refractivity contribution >= 4 is 34.1 Å². The highest BCUT2D eigenvalue weighted by atomic mass is 15.2. The lowest BCUT2D eigenvalue weighted by Gasteiger charge is -2.43. The van der Waals surface area contributed by atoms with Gasteiger partial charge in [0.25, 0.3) is 0 Å². The van der Waals surface area contributed by atoms with E-state index in [9.17, 15) is 0 Å². The fourth-order valence-corrected chi connectivity index (χ4v) is 12.9. The average molecular weight is 873 g/mol. The van der Waals surface area contributed by atoms with Crippen molar-refractivity contribution < 1.29 is 0 Å². The van der Waals surface area contributed by atoms with Gasteiger partial charge < -0.3 is 9.80 Å². The summed E-state index contributed by atoms with van der Waals surface area (Å²) < 4.78 is 0. The van der Waals surface area contributed by atoms with E-state index in [1.54, 1.807) is 0 Å². The molecular formula is C64H76N2. The Hall–Kier alpha value is -5.08. The van der Waals surface area contributed by atoms with Gasteiger partial charge in [-0.25, -0.2) is 0 Å². The molecule has 66 heavy (non-hydrogen) atoms. The molecule has 0 aliphatic heterocycles. The normalized spacial score (nSPS) is 20.5. The Bertz CT molecular complexity index is 2850. The molecule has 6 aromatic carbocycles. The number of fused-ring (bicyclic) bond motifs is 6. The molecule has 0 radical (unpaired) electrons. The predicted octanol–water partition coefficient (Wildman–Crippen LogP) is 18.3. The van der Waals surface area contributed by atoms with Crippen LogP contribution in [-0.2, 0) is 37.9 Å². The molecule has 0 bridgehead atoms. The molecule has 2 heteroatoms. The molecule has 0 spiro atoms. The van der Waals surface area contributed by atoms with Crippen LogP contribution in [0.1, 0.15) is 186 Å². The van der Waals surface area contributed by atoms with Gasteiger partial charge >= 0.3 is 0 Å². The second-order valence-corrected chi connectivity index (χ2v) is 25.6. The number of nitrogens with zero attached hydrogens (tertiary/aromatic N) is 2. The first-order valence-electron chi connectivity index (χ1n) is 25.2. The fraction of sp³-hybridized carbons (Fsp3) is 0.438. The number of anilines is 6. The van der Waals surface area contributed by atoms with Gasteiger partial charge in [-0.2, -0.15) is 0 Å². The number of benzene rings is 6. The second-order valence-electron chi connectivity index (χ2n) is 25.6. The van der Waals surface area contributed by atoms with Gasteiger partial charge in [-0.3, -0.25) is 0 Å². The Morgan fingerprint density at radius 2 is 0.697 bits per heavy atom. The largest absolute Gasteiger partial charge is 0.310 e. The molecule has 0 amide bonds. The third-order valence-corrected chi connectivity index (χ3v) is 17.7. The van der Waals surface area contributed by atoms with E-state index in [1.807, 2.05) is 0 Å². The molecule has 0 atom stereocenters. The highest BCUT2D eigenvalue weighted by Crippen LogP contribution is 2.57. The Morgan fingerprint density at radius 3 is 1.15 bits per heavy atom. The van der Waals surface area contributed by atoms with Crippen molar-refractivity contribution in [3.63, 3.8) is 0 Å². The summed E-state index contributed by atoms with van der Waals surface area (Å²) in [5, 5.41) is 0. The first-order valence-corrected chi connectivity index (χ1v) is 25.2. The van der Waals surface area contributed by atoms with Crippen LogP contribution in [-0.4, -0.2) is 0 Å². The van der Waals surface area contributed by atoms with Crippen LogP contribution < -0.4 is 9.80 Å². The first kappa shape index (κ1) is 44.7. The third kappa shape index (κ3) is 7.01. The molecule has 6 aromatic rings. The van der Waals surface area contributed by atoms with Gasteiger partial charge in [-0.05, 0) is 194 Å². The third-order valence-electron chi connectivity index (χ3n) is 17.7. The number of aryl methyl sites for hydroxylation is 1. The summed E-state index contributed by atoms with van der Waals surface area (Å²) in [6.45, 7) is 36.5. The van der Waals surface area contributed by atoms with Crippen molar-refractivity contribution in [2.45, 2.75) is 180 Å². The highest BCUT2D eigenvalue weighted by molar-refractivity contribution is 5.96. The molecule has 0 fully saturated rings. The summed E-state index contributed by atoms with van der Waals surface area (Å²) in [6.07, 6.45) is 7.12. The minimum Gasteiger partial charge on any atom is -0.310 e. The average Bonchev–Trinajstić information content (AvgIpc) is 3.49. The number of hydrogen-bond donors (Lipinski definition) is 0. The zero-order chi connectivity index (χ0) is 47.1. The summed E-state index contributed by atoms with van der Waals surface area (Å²) in [5.41, 5.74) is 23.4. The highest BCUT2D eigenvalue weighted by Gasteiger charge is 2.42. The molecule has 0 saturated heterocycles. The molecule has 10 rings (SSSR count). The van der Waals surface area contributed by atoms with Crippen LogP contribution in [0.3, 0.4) is 0 Å². The topological polar surface area (TPSA) is 6.48 Å². The Labute approximate surface area is 398 Å². The molecule has 0 saturated carbocycles. The van der Waals surface area contributed by atoms with Crippen LogP contribution in [0.2, 0.25) is 0 Å². The zero-order valence-corrected chi connectivity index (χ0v) is 43.1. The molecule has 0 aromatic heterocycles. The van der Waals surface area contributed by atoms with E-state index < -0.39 is 0 Å². The van der Waals surface area contributed by atoms with Gasteiger partial charge in [0, 0.05) is 39.4 Å². The van der Waals surface area contributed by atoms with Gasteiger partial charge in [0.05, 0.1) is 5.69 Å². The molecule has 4 aliphatic rings. The van der Waals surface area contributed by atoms with Crippen LogP contribution in [0.4, 0.5) is 34.1 Å². The molecule has 0 heterocycles. The van der Waals surface area contributed by atoms with E-state index in [4.69, 9.17) is 0 Å². The predicted molar refractivity (Wildman–Crippen MR) is 284 cm³/mol. The summed E-state index contributed by atoms with van der Waals surface area (Å²) in [5.74, 6) is 0. The standard InChI is InChI=1S/C64H76N2/c1-41-35-45(65(42-23-26-49-53(38-42)61(8,9)32-29-58(49,2)3)43-24-27-50-54(39-43)62(10,11)33-30-59(50,4)5)37-46(36-41)66(44-25-28-51-55(40-44)63(12,13)34-31-60(51,6)7)56-22-18-21-52-57(56)47-19-16-17-20-48(47)64(52,14)15/h16-28,35-40H,29-34H2,1-15H3. The molecule has 2 nitrogen and oxygen atoms in total. The smallest absolute Gasteiger partial charge is 0.0543 e. The summed E-state index contributed by atoms with van der Waals surface area (Å²) in [4.78, 5) is 5.21. The molecule has 342 valence electrons. The van der Waals surface area contributed by atoms with Crippen LogP contribution >= 0.6 is 0 Å². The van der Waals surface area contributed by atoms with E-state index >= 15 is 0 Å². The lowest BCUT2D eigenvalue weighted by molar-refractivity contribution is 0.332. The Kier molecular flexibility index (Phi) is 9.97. The van der Waals surface area contributed by atoms with E-state index in [0.717, 1.165) is 0 Å². The van der Waals surface area contributed by atoms with Gasteiger partial charge in [0.2, 0.25) is 0 Å². The lowest BCUT2D eigenvalue weighted by atomic mass is 9.63. The van der Waals surface area contributed by atoms with Crippen molar-refractivity contribution in [3.05, 3.63) is 165 Å². The van der Waals surface area contributed by atoms with E-state index in [0.29, 0.717) is 0 Å². The minimum atomic E-state index is -0.117. The minimum absolute atomic E-state index is 0.0674. The fourth-order valence-electron chi connectivity index (χ4n) is 12.9. The van der Waals surface area contributed by atoms with Crippen molar-refractivity contribution in [2.75, 3.05) is 9.80 Å². The van der Waals surface area contributed by atoms with Gasteiger partial charge in [0.15, 0.2) is 0 Å². The molecule has 4 aliphatic carbocycles. The SMILES string of the molecule is Cc1cc(N(c2ccc3c(c2)C(C)(C)CCC3(C)C)c2ccc3c(c2)C(C)(C)CCC3(C)C)cc(N(c2ccc3c(c2)C(C)(C)CCC3(C)C)c2cccc3c2-c2ccccc2C3(C)C)c1. The van der Waals surface area contributed by atoms with E-state index in [2.05, 4.69) is 229 Å². The second kappa shape index (κ2) is 14.7. The van der Waals surface area contributed by atoms with Gasteiger partial charge in [-0.15, -0.1) is 0 Å². The molecule has 0 N–H and O–H groups in total. The quantitative estimate of drug-likeness (QED) is 0.165. The lowest BCUT2D eigenvalue weighted by Crippen LogP contribution is -2.34. The first-order chi connectivity index (χ1) is 30.8. The Balaban J connectivity index is 1.25. The van der Waals surface area contributed by atoms with Crippen molar-refractivity contribution in [3.8, 4) is 11.1 Å². The van der Waals surface area contributed by atoms with E-state index in [-0.39, 0.29) is 37.9 Å². The maximum absolute atomic E-state index is 2.61. The zero-order valence-electron chi connectivity index (χ0n) is 43.1.